The fourth-order valence-corrected chi connectivity index (χ4v) is 2.18. The molecular formula is C19H23N3O2. The molecule has 0 aliphatic heterocycles. The topological polar surface area (TPSA) is 71.1 Å². The SMILES string of the molecule is CCCCNC(=O)c1cccc(C(=O)Nc2ccc(CC)cc2)n1. The van der Waals surface area contributed by atoms with Crippen molar-refractivity contribution in [2.45, 2.75) is 33.1 Å². The molecule has 2 amide bonds. The standard InChI is InChI=1S/C19H23N3O2/c1-3-5-13-20-18(23)16-7-6-8-17(22-16)19(24)21-15-11-9-14(4-2)10-12-15/h6-12H,3-5,13H2,1-2H3,(H,20,23)(H,21,24). The fraction of sp³-hybridized carbons (Fsp3) is 0.316. The maximum absolute atomic E-state index is 12.3. The van der Waals surface area contributed by atoms with E-state index in [0.29, 0.717) is 12.2 Å². The van der Waals surface area contributed by atoms with Gasteiger partial charge in [-0.1, -0.05) is 38.5 Å². The summed E-state index contributed by atoms with van der Waals surface area (Å²) >= 11 is 0. The highest BCUT2D eigenvalue weighted by molar-refractivity contribution is 6.03. The van der Waals surface area contributed by atoms with E-state index in [0.717, 1.165) is 19.3 Å². The summed E-state index contributed by atoms with van der Waals surface area (Å²) in [5, 5.41) is 5.59. The average Bonchev–Trinajstić information content (AvgIpc) is 2.62. The molecule has 0 saturated carbocycles. The predicted molar refractivity (Wildman–Crippen MR) is 95.3 cm³/mol. The lowest BCUT2D eigenvalue weighted by Crippen LogP contribution is -2.26. The van der Waals surface area contributed by atoms with E-state index in [2.05, 4.69) is 29.5 Å². The number of nitrogens with one attached hydrogen (secondary N) is 2. The Kier molecular flexibility index (Phi) is 6.49. The molecule has 2 aromatic rings. The van der Waals surface area contributed by atoms with Gasteiger partial charge in [0.25, 0.3) is 11.8 Å². The van der Waals surface area contributed by atoms with Crippen LogP contribution in [-0.4, -0.2) is 23.3 Å². The minimum atomic E-state index is -0.331. The van der Waals surface area contributed by atoms with Crippen molar-refractivity contribution in [3.05, 3.63) is 59.4 Å². The Morgan fingerprint density at radius 1 is 0.958 bits per heavy atom. The Labute approximate surface area is 142 Å². The second kappa shape index (κ2) is 8.82. The quantitative estimate of drug-likeness (QED) is 0.766. The van der Waals surface area contributed by atoms with Crippen LogP contribution in [0.2, 0.25) is 0 Å². The molecule has 1 heterocycles. The number of unbranched alkanes of at least 4 members (excludes halogenated alkanes) is 1. The van der Waals surface area contributed by atoms with Gasteiger partial charge in [-0.25, -0.2) is 4.98 Å². The third kappa shape index (κ3) is 4.91. The van der Waals surface area contributed by atoms with Gasteiger partial charge >= 0.3 is 0 Å². The van der Waals surface area contributed by atoms with Gasteiger partial charge in [0.1, 0.15) is 11.4 Å². The monoisotopic (exact) mass is 325 g/mol. The van der Waals surface area contributed by atoms with Crippen LogP contribution in [-0.2, 0) is 6.42 Å². The number of nitrogens with zero attached hydrogens (tertiary/aromatic N) is 1. The van der Waals surface area contributed by atoms with Crippen LogP contribution in [0.5, 0.6) is 0 Å². The van der Waals surface area contributed by atoms with Crippen molar-refractivity contribution < 1.29 is 9.59 Å². The molecule has 0 fully saturated rings. The number of benzene rings is 1. The van der Waals surface area contributed by atoms with Crippen molar-refractivity contribution in [3.8, 4) is 0 Å². The van der Waals surface area contributed by atoms with Crippen LogP contribution in [0.1, 0.15) is 53.2 Å². The van der Waals surface area contributed by atoms with E-state index in [1.165, 1.54) is 5.56 Å². The van der Waals surface area contributed by atoms with Crippen molar-refractivity contribution in [1.29, 1.82) is 0 Å². The number of hydrogen-bond donors (Lipinski definition) is 2. The Morgan fingerprint density at radius 2 is 1.62 bits per heavy atom. The third-order valence-corrected chi connectivity index (χ3v) is 3.65. The first-order valence-electron chi connectivity index (χ1n) is 8.29. The number of carbonyl (C=O) groups is 2. The minimum absolute atomic E-state index is 0.220. The van der Waals surface area contributed by atoms with Crippen LogP contribution in [0.3, 0.4) is 0 Å². The molecule has 0 radical (unpaired) electrons. The van der Waals surface area contributed by atoms with E-state index in [1.807, 2.05) is 24.3 Å². The van der Waals surface area contributed by atoms with Crippen LogP contribution < -0.4 is 10.6 Å². The zero-order valence-corrected chi connectivity index (χ0v) is 14.1. The normalized spacial score (nSPS) is 10.2. The Balaban J connectivity index is 2.03. The minimum Gasteiger partial charge on any atom is -0.351 e. The van der Waals surface area contributed by atoms with Crippen LogP contribution in [0.25, 0.3) is 0 Å². The van der Waals surface area contributed by atoms with E-state index in [1.54, 1.807) is 18.2 Å². The largest absolute Gasteiger partial charge is 0.351 e. The van der Waals surface area contributed by atoms with Gasteiger partial charge in [-0.05, 0) is 42.7 Å². The van der Waals surface area contributed by atoms with Gasteiger partial charge in [-0.15, -0.1) is 0 Å². The van der Waals surface area contributed by atoms with Crippen LogP contribution in [0, 0.1) is 0 Å². The van der Waals surface area contributed by atoms with Crippen LogP contribution in [0.15, 0.2) is 42.5 Å². The second-order valence-electron chi connectivity index (χ2n) is 5.52. The molecule has 0 aliphatic rings. The van der Waals surface area contributed by atoms with Gasteiger partial charge in [0, 0.05) is 12.2 Å². The lowest BCUT2D eigenvalue weighted by Gasteiger charge is -2.07. The highest BCUT2D eigenvalue weighted by Crippen LogP contribution is 2.11. The van der Waals surface area contributed by atoms with Gasteiger partial charge in [0.15, 0.2) is 0 Å². The average molecular weight is 325 g/mol. The van der Waals surface area contributed by atoms with Crippen molar-refractivity contribution in [2.75, 3.05) is 11.9 Å². The van der Waals surface area contributed by atoms with Gasteiger partial charge in [-0.2, -0.15) is 0 Å². The Morgan fingerprint density at radius 3 is 2.25 bits per heavy atom. The smallest absolute Gasteiger partial charge is 0.274 e. The molecule has 1 aromatic carbocycles. The summed E-state index contributed by atoms with van der Waals surface area (Å²) in [4.78, 5) is 28.5. The number of aryl methyl sites for hydroxylation is 1. The first kappa shape index (κ1) is 17.7. The number of pyridine rings is 1. The zero-order chi connectivity index (χ0) is 17.4. The summed E-state index contributed by atoms with van der Waals surface area (Å²) in [6.07, 6.45) is 2.87. The first-order valence-corrected chi connectivity index (χ1v) is 8.29. The lowest BCUT2D eigenvalue weighted by atomic mass is 10.1. The van der Waals surface area contributed by atoms with Gasteiger partial charge < -0.3 is 10.6 Å². The van der Waals surface area contributed by atoms with Crippen molar-refractivity contribution in [2.24, 2.45) is 0 Å². The predicted octanol–water partition coefficient (Wildman–Crippen LogP) is 3.43. The van der Waals surface area contributed by atoms with E-state index in [-0.39, 0.29) is 23.2 Å². The molecule has 0 bridgehead atoms. The Hall–Kier alpha value is -2.69. The van der Waals surface area contributed by atoms with Gasteiger partial charge in [0.2, 0.25) is 0 Å². The summed E-state index contributed by atoms with van der Waals surface area (Å²) < 4.78 is 0. The molecule has 0 aliphatic carbocycles. The second-order valence-corrected chi connectivity index (χ2v) is 5.52. The van der Waals surface area contributed by atoms with Gasteiger partial charge in [-0.3, -0.25) is 9.59 Å². The van der Waals surface area contributed by atoms with E-state index < -0.39 is 0 Å². The third-order valence-electron chi connectivity index (χ3n) is 3.65. The molecular weight excluding hydrogens is 302 g/mol. The number of hydrogen-bond acceptors (Lipinski definition) is 3. The Bertz CT molecular complexity index is 696. The zero-order valence-electron chi connectivity index (χ0n) is 14.1. The number of aromatic nitrogens is 1. The molecule has 1 aromatic heterocycles. The molecule has 2 N–H and O–H groups in total. The lowest BCUT2D eigenvalue weighted by molar-refractivity contribution is 0.0948. The molecule has 5 nitrogen and oxygen atoms in total. The fourth-order valence-electron chi connectivity index (χ4n) is 2.18. The van der Waals surface area contributed by atoms with Crippen LogP contribution >= 0.6 is 0 Å². The van der Waals surface area contributed by atoms with Crippen molar-refractivity contribution in [3.63, 3.8) is 0 Å². The maximum atomic E-state index is 12.3. The summed E-state index contributed by atoms with van der Waals surface area (Å²) in [7, 11) is 0. The number of carbonyl (C=O) groups excluding carboxylic acids is 2. The van der Waals surface area contributed by atoms with E-state index in [9.17, 15) is 9.59 Å². The summed E-state index contributed by atoms with van der Waals surface area (Å²) in [6.45, 7) is 4.74. The summed E-state index contributed by atoms with van der Waals surface area (Å²) in [5.74, 6) is -0.590. The van der Waals surface area contributed by atoms with E-state index >= 15 is 0 Å². The molecule has 0 spiro atoms. The maximum Gasteiger partial charge on any atom is 0.274 e. The summed E-state index contributed by atoms with van der Waals surface area (Å²) in [5.41, 5.74) is 2.38. The van der Waals surface area contributed by atoms with Gasteiger partial charge in [0.05, 0.1) is 0 Å². The summed E-state index contributed by atoms with van der Waals surface area (Å²) in [6, 6.07) is 12.5. The first-order chi connectivity index (χ1) is 11.6. The van der Waals surface area contributed by atoms with Crippen molar-refractivity contribution in [1.82, 2.24) is 10.3 Å². The number of amides is 2. The number of rotatable bonds is 7. The molecule has 0 saturated heterocycles. The molecule has 24 heavy (non-hydrogen) atoms. The molecule has 0 atom stereocenters. The van der Waals surface area contributed by atoms with E-state index in [4.69, 9.17) is 0 Å². The molecule has 0 unspecified atom stereocenters. The van der Waals surface area contributed by atoms with Crippen molar-refractivity contribution >= 4 is 17.5 Å². The van der Waals surface area contributed by atoms with Crippen LogP contribution in [0.4, 0.5) is 5.69 Å². The highest BCUT2D eigenvalue weighted by atomic mass is 16.2. The molecule has 2 rings (SSSR count). The molecule has 126 valence electrons. The number of anilines is 1. The molecule has 5 heteroatoms. The highest BCUT2D eigenvalue weighted by Gasteiger charge is 2.12.